The molecule has 0 aliphatic carbocycles. The van der Waals surface area contributed by atoms with Gasteiger partial charge in [-0.05, 0) is 17.7 Å². The van der Waals surface area contributed by atoms with Crippen LogP contribution < -0.4 is 0 Å². The van der Waals surface area contributed by atoms with Crippen molar-refractivity contribution in [2.24, 2.45) is 0 Å². The summed E-state index contributed by atoms with van der Waals surface area (Å²) in [5.41, 5.74) is -0.782. The van der Waals surface area contributed by atoms with Crippen molar-refractivity contribution in [2.45, 2.75) is 6.18 Å². The van der Waals surface area contributed by atoms with Gasteiger partial charge in [0.1, 0.15) is 0 Å². The largest absolute Gasteiger partial charge is 0.478 e. The minimum atomic E-state index is -4.47. The SMILES string of the molecule is O=C(O)C(=C1SCCS1)c1cccc(C(F)(F)F)c1. The van der Waals surface area contributed by atoms with E-state index in [4.69, 9.17) is 0 Å². The van der Waals surface area contributed by atoms with E-state index >= 15 is 0 Å². The first-order valence-electron chi connectivity index (χ1n) is 5.30. The maximum Gasteiger partial charge on any atom is 0.416 e. The van der Waals surface area contributed by atoms with Gasteiger partial charge in [0.15, 0.2) is 0 Å². The molecule has 0 bridgehead atoms. The lowest BCUT2D eigenvalue weighted by Crippen LogP contribution is -2.07. The van der Waals surface area contributed by atoms with Gasteiger partial charge >= 0.3 is 12.1 Å². The Morgan fingerprint density at radius 3 is 2.37 bits per heavy atom. The second-order valence-corrected chi connectivity index (χ2v) is 6.21. The van der Waals surface area contributed by atoms with Gasteiger partial charge in [0.25, 0.3) is 0 Å². The summed E-state index contributed by atoms with van der Waals surface area (Å²) < 4.78 is 38.5. The van der Waals surface area contributed by atoms with Gasteiger partial charge < -0.3 is 5.11 Å². The van der Waals surface area contributed by atoms with Crippen LogP contribution in [0.1, 0.15) is 11.1 Å². The molecule has 7 heteroatoms. The molecule has 1 fully saturated rings. The Morgan fingerprint density at radius 2 is 1.84 bits per heavy atom. The lowest BCUT2D eigenvalue weighted by molar-refractivity contribution is -0.137. The summed E-state index contributed by atoms with van der Waals surface area (Å²) in [4.78, 5) is 11.3. The number of carboxylic acids is 1. The van der Waals surface area contributed by atoms with E-state index < -0.39 is 17.7 Å². The smallest absolute Gasteiger partial charge is 0.416 e. The third-order valence-electron chi connectivity index (χ3n) is 2.45. The predicted molar refractivity (Wildman–Crippen MR) is 70.9 cm³/mol. The molecule has 1 aliphatic rings. The minimum Gasteiger partial charge on any atom is -0.478 e. The van der Waals surface area contributed by atoms with Crippen molar-refractivity contribution in [3.8, 4) is 0 Å². The van der Waals surface area contributed by atoms with Crippen LogP contribution in [-0.4, -0.2) is 22.6 Å². The van der Waals surface area contributed by atoms with Gasteiger partial charge in [-0.2, -0.15) is 13.2 Å². The standard InChI is InChI=1S/C12H9F3O2S2/c13-12(14,15)8-3-1-2-7(6-8)9(10(16)17)11-18-4-5-19-11/h1-3,6H,4-5H2,(H,16,17). The van der Waals surface area contributed by atoms with Crippen LogP contribution >= 0.6 is 23.5 Å². The quantitative estimate of drug-likeness (QED) is 0.840. The molecule has 0 aromatic heterocycles. The molecule has 0 radical (unpaired) electrons. The molecule has 0 atom stereocenters. The summed E-state index contributed by atoms with van der Waals surface area (Å²) in [5, 5.41) is 9.22. The van der Waals surface area contributed by atoms with E-state index in [-0.39, 0.29) is 11.1 Å². The molecule has 1 N–H and O–H groups in total. The average Bonchev–Trinajstić information content (AvgIpc) is 2.81. The first kappa shape index (κ1) is 14.3. The fraction of sp³-hybridized carbons (Fsp3) is 0.250. The van der Waals surface area contributed by atoms with Crippen LogP contribution in [0.5, 0.6) is 0 Å². The molecule has 102 valence electrons. The number of hydrogen-bond donors (Lipinski definition) is 1. The maximum absolute atomic E-state index is 12.6. The van der Waals surface area contributed by atoms with E-state index in [1.54, 1.807) is 0 Å². The molecule has 1 aromatic carbocycles. The molecule has 0 spiro atoms. The van der Waals surface area contributed by atoms with Crippen LogP contribution in [0.25, 0.3) is 5.57 Å². The van der Waals surface area contributed by atoms with Crippen molar-refractivity contribution in [2.75, 3.05) is 11.5 Å². The number of thioether (sulfide) groups is 2. The van der Waals surface area contributed by atoms with Crippen molar-refractivity contribution in [3.63, 3.8) is 0 Å². The molecule has 0 saturated carbocycles. The summed E-state index contributed by atoms with van der Waals surface area (Å²) >= 11 is 2.73. The number of halogens is 3. The first-order valence-corrected chi connectivity index (χ1v) is 7.27. The van der Waals surface area contributed by atoms with Crippen LogP contribution in [0.4, 0.5) is 13.2 Å². The van der Waals surface area contributed by atoms with Gasteiger partial charge in [0, 0.05) is 11.5 Å². The highest BCUT2D eigenvalue weighted by atomic mass is 32.2. The van der Waals surface area contributed by atoms with Gasteiger partial charge in [-0.1, -0.05) is 12.1 Å². The Bertz CT molecular complexity index is 530. The van der Waals surface area contributed by atoms with E-state index in [0.29, 0.717) is 4.24 Å². The molecule has 1 saturated heterocycles. The van der Waals surface area contributed by atoms with Gasteiger partial charge in [-0.15, -0.1) is 23.5 Å². The van der Waals surface area contributed by atoms with Crippen molar-refractivity contribution >= 4 is 35.1 Å². The van der Waals surface area contributed by atoms with E-state index in [1.807, 2.05) is 0 Å². The fourth-order valence-corrected chi connectivity index (χ4v) is 4.20. The fourth-order valence-electron chi connectivity index (χ4n) is 1.63. The molecule has 2 rings (SSSR count). The molecular formula is C12H9F3O2S2. The zero-order valence-electron chi connectivity index (χ0n) is 9.53. The lowest BCUT2D eigenvalue weighted by atomic mass is 10.0. The second-order valence-electron chi connectivity index (χ2n) is 3.74. The molecule has 1 aliphatic heterocycles. The van der Waals surface area contributed by atoms with Crippen molar-refractivity contribution in [3.05, 3.63) is 39.6 Å². The monoisotopic (exact) mass is 306 g/mol. The maximum atomic E-state index is 12.6. The Morgan fingerprint density at radius 1 is 1.21 bits per heavy atom. The van der Waals surface area contributed by atoms with Crippen LogP contribution in [0, 0.1) is 0 Å². The zero-order valence-corrected chi connectivity index (χ0v) is 11.2. The number of carboxylic acid groups (broad SMARTS) is 1. The van der Waals surface area contributed by atoms with E-state index in [0.717, 1.165) is 23.6 Å². The number of benzene rings is 1. The highest BCUT2D eigenvalue weighted by Crippen LogP contribution is 2.42. The van der Waals surface area contributed by atoms with E-state index in [9.17, 15) is 23.1 Å². The summed E-state index contributed by atoms with van der Waals surface area (Å²) in [6.07, 6.45) is -4.47. The molecule has 1 heterocycles. The van der Waals surface area contributed by atoms with Gasteiger partial charge in [-0.3, -0.25) is 0 Å². The first-order chi connectivity index (χ1) is 8.89. The summed E-state index contributed by atoms with van der Waals surface area (Å²) in [5.74, 6) is 0.349. The van der Waals surface area contributed by atoms with E-state index in [1.165, 1.54) is 35.7 Å². The Hall–Kier alpha value is -1.08. The molecule has 19 heavy (non-hydrogen) atoms. The normalized spacial score (nSPS) is 15.6. The Balaban J connectivity index is 2.50. The predicted octanol–water partition coefficient (Wildman–Crippen LogP) is 3.94. The summed E-state index contributed by atoms with van der Waals surface area (Å²) in [6, 6.07) is 4.44. The molecular weight excluding hydrogens is 297 g/mol. The Labute approximate surface area is 116 Å². The topological polar surface area (TPSA) is 37.3 Å². The van der Waals surface area contributed by atoms with Crippen molar-refractivity contribution < 1.29 is 23.1 Å². The number of aliphatic carboxylic acids is 1. The Kier molecular flexibility index (Phi) is 4.15. The third-order valence-corrected chi connectivity index (χ3v) is 5.16. The average molecular weight is 306 g/mol. The molecule has 2 nitrogen and oxygen atoms in total. The van der Waals surface area contributed by atoms with Gasteiger partial charge in [0.05, 0.1) is 15.4 Å². The number of carbonyl (C=O) groups is 1. The van der Waals surface area contributed by atoms with Crippen LogP contribution in [-0.2, 0) is 11.0 Å². The highest BCUT2D eigenvalue weighted by Gasteiger charge is 2.31. The number of hydrogen-bond acceptors (Lipinski definition) is 3. The molecule has 0 unspecified atom stereocenters. The van der Waals surface area contributed by atoms with Crippen LogP contribution in [0.15, 0.2) is 28.5 Å². The van der Waals surface area contributed by atoms with Gasteiger partial charge in [0.2, 0.25) is 0 Å². The molecule has 0 amide bonds. The highest BCUT2D eigenvalue weighted by molar-refractivity contribution is 8.25. The summed E-state index contributed by atoms with van der Waals surface area (Å²) in [7, 11) is 0. The third kappa shape index (κ3) is 3.27. The minimum absolute atomic E-state index is 0.0430. The van der Waals surface area contributed by atoms with Crippen LogP contribution in [0.3, 0.4) is 0 Å². The van der Waals surface area contributed by atoms with Crippen LogP contribution in [0.2, 0.25) is 0 Å². The van der Waals surface area contributed by atoms with E-state index in [2.05, 4.69) is 0 Å². The second kappa shape index (κ2) is 5.50. The van der Waals surface area contributed by atoms with Crippen molar-refractivity contribution in [1.29, 1.82) is 0 Å². The lowest BCUT2D eigenvalue weighted by Gasteiger charge is -2.10. The summed E-state index contributed by atoms with van der Waals surface area (Å²) in [6.45, 7) is 0. The molecule has 1 aromatic rings. The van der Waals surface area contributed by atoms with Gasteiger partial charge in [-0.25, -0.2) is 4.79 Å². The zero-order chi connectivity index (χ0) is 14.0. The number of rotatable bonds is 2. The van der Waals surface area contributed by atoms with Crippen molar-refractivity contribution in [1.82, 2.24) is 0 Å². The number of alkyl halides is 3.